The zero-order valence-electron chi connectivity index (χ0n) is 9.33. The number of ether oxygens (including phenoxy) is 1. The predicted octanol–water partition coefficient (Wildman–Crippen LogP) is 1.05. The van der Waals surface area contributed by atoms with Crippen LogP contribution in [0.4, 0.5) is 9.18 Å². The smallest absolute Gasteiger partial charge is 0.321 e. The lowest BCUT2D eigenvalue weighted by atomic mass is 10.3. The number of rotatable bonds is 4. The molecular weight excluding hydrogens is 227 g/mol. The molecule has 1 aromatic carbocycles. The van der Waals surface area contributed by atoms with E-state index in [0.717, 1.165) is 0 Å². The van der Waals surface area contributed by atoms with Gasteiger partial charge in [-0.2, -0.15) is 0 Å². The van der Waals surface area contributed by atoms with Crippen molar-refractivity contribution in [2.75, 3.05) is 13.2 Å². The van der Waals surface area contributed by atoms with E-state index in [2.05, 4.69) is 5.32 Å². The van der Waals surface area contributed by atoms with Gasteiger partial charge in [0.25, 0.3) is 5.91 Å². The van der Waals surface area contributed by atoms with Crippen LogP contribution in [0, 0.1) is 5.82 Å². The third kappa shape index (κ3) is 4.50. The van der Waals surface area contributed by atoms with Gasteiger partial charge in [-0.1, -0.05) is 12.1 Å². The van der Waals surface area contributed by atoms with Crippen LogP contribution < -0.4 is 15.4 Å². The van der Waals surface area contributed by atoms with Crippen LogP contribution in [0.1, 0.15) is 6.92 Å². The lowest BCUT2D eigenvalue weighted by Gasteiger charge is -2.07. The summed E-state index contributed by atoms with van der Waals surface area (Å²) in [6.07, 6.45) is 0. The summed E-state index contributed by atoms with van der Waals surface area (Å²) in [6, 6.07) is 5.11. The molecule has 0 aromatic heterocycles. The molecule has 2 N–H and O–H groups in total. The molecule has 1 rings (SSSR count). The van der Waals surface area contributed by atoms with Crippen molar-refractivity contribution in [3.63, 3.8) is 0 Å². The topological polar surface area (TPSA) is 67.4 Å². The number of hydrogen-bond acceptors (Lipinski definition) is 3. The van der Waals surface area contributed by atoms with Crippen molar-refractivity contribution < 1.29 is 18.7 Å². The molecule has 6 heteroatoms. The first-order chi connectivity index (χ1) is 8.13. The summed E-state index contributed by atoms with van der Waals surface area (Å²) in [4.78, 5) is 22.2. The SMILES string of the molecule is CCNC(=O)NC(=O)COc1ccccc1F. The predicted molar refractivity (Wildman–Crippen MR) is 59.1 cm³/mol. The molecule has 17 heavy (non-hydrogen) atoms. The van der Waals surface area contributed by atoms with Crippen LogP contribution in [0.15, 0.2) is 24.3 Å². The Kier molecular flexibility index (Phi) is 4.93. The van der Waals surface area contributed by atoms with Crippen LogP contribution in [0.2, 0.25) is 0 Å². The van der Waals surface area contributed by atoms with Gasteiger partial charge in [0.15, 0.2) is 18.2 Å². The quantitative estimate of drug-likeness (QED) is 0.826. The number of carbonyl (C=O) groups excluding carboxylic acids is 2. The monoisotopic (exact) mass is 240 g/mol. The average molecular weight is 240 g/mol. The van der Waals surface area contributed by atoms with E-state index in [1.165, 1.54) is 18.2 Å². The van der Waals surface area contributed by atoms with E-state index >= 15 is 0 Å². The summed E-state index contributed by atoms with van der Waals surface area (Å²) >= 11 is 0. The molecule has 0 radical (unpaired) electrons. The summed E-state index contributed by atoms with van der Waals surface area (Å²) in [5, 5.41) is 4.42. The molecule has 0 saturated heterocycles. The van der Waals surface area contributed by atoms with Gasteiger partial charge in [-0.25, -0.2) is 9.18 Å². The number of para-hydroxylation sites is 1. The Labute approximate surface area is 98.0 Å². The van der Waals surface area contributed by atoms with Gasteiger partial charge in [-0.15, -0.1) is 0 Å². The number of benzene rings is 1. The number of urea groups is 1. The van der Waals surface area contributed by atoms with Gasteiger partial charge in [-0.3, -0.25) is 10.1 Å². The van der Waals surface area contributed by atoms with E-state index < -0.39 is 24.4 Å². The molecule has 1 aromatic rings. The van der Waals surface area contributed by atoms with E-state index in [-0.39, 0.29) is 5.75 Å². The Balaban J connectivity index is 2.38. The Hall–Kier alpha value is -2.11. The highest BCUT2D eigenvalue weighted by atomic mass is 19.1. The zero-order chi connectivity index (χ0) is 12.7. The van der Waals surface area contributed by atoms with Gasteiger partial charge in [0, 0.05) is 6.54 Å². The molecule has 0 aliphatic rings. The van der Waals surface area contributed by atoms with E-state index in [9.17, 15) is 14.0 Å². The molecule has 0 fully saturated rings. The first-order valence-electron chi connectivity index (χ1n) is 5.08. The van der Waals surface area contributed by atoms with Crippen molar-refractivity contribution in [3.8, 4) is 5.75 Å². The first kappa shape index (κ1) is 13.0. The molecule has 0 heterocycles. The van der Waals surface area contributed by atoms with E-state index in [1.54, 1.807) is 13.0 Å². The Morgan fingerprint density at radius 2 is 2.06 bits per heavy atom. The molecule has 0 saturated carbocycles. The second kappa shape index (κ2) is 6.47. The molecule has 0 unspecified atom stereocenters. The second-order valence-corrected chi connectivity index (χ2v) is 3.13. The summed E-state index contributed by atoms with van der Waals surface area (Å²) in [5.74, 6) is -1.23. The van der Waals surface area contributed by atoms with Gasteiger partial charge in [-0.05, 0) is 19.1 Å². The zero-order valence-corrected chi connectivity index (χ0v) is 9.33. The summed E-state index contributed by atoms with van der Waals surface area (Å²) in [5.41, 5.74) is 0. The molecule has 0 aliphatic carbocycles. The minimum absolute atomic E-state index is 0.0291. The highest BCUT2D eigenvalue weighted by Gasteiger charge is 2.08. The van der Waals surface area contributed by atoms with Crippen molar-refractivity contribution in [1.82, 2.24) is 10.6 Å². The molecule has 0 spiro atoms. The number of amides is 3. The standard InChI is InChI=1S/C11H13FN2O3/c1-2-13-11(16)14-10(15)7-17-9-6-4-3-5-8(9)12/h3-6H,2,7H2,1H3,(H2,13,14,15,16). The van der Waals surface area contributed by atoms with Crippen molar-refractivity contribution in [1.29, 1.82) is 0 Å². The van der Waals surface area contributed by atoms with Crippen molar-refractivity contribution >= 4 is 11.9 Å². The summed E-state index contributed by atoms with van der Waals surface area (Å²) < 4.78 is 18.0. The number of nitrogens with one attached hydrogen (secondary N) is 2. The molecule has 5 nitrogen and oxygen atoms in total. The van der Waals surface area contributed by atoms with Crippen LogP contribution in [-0.2, 0) is 4.79 Å². The molecule has 3 amide bonds. The average Bonchev–Trinajstić information content (AvgIpc) is 2.28. The maximum atomic E-state index is 13.1. The van der Waals surface area contributed by atoms with E-state index in [0.29, 0.717) is 6.54 Å². The molecular formula is C11H13FN2O3. The molecule has 0 bridgehead atoms. The van der Waals surface area contributed by atoms with Crippen LogP contribution in [0.25, 0.3) is 0 Å². The number of imide groups is 1. The van der Waals surface area contributed by atoms with Crippen molar-refractivity contribution in [3.05, 3.63) is 30.1 Å². The summed E-state index contributed by atoms with van der Waals surface area (Å²) in [6.45, 7) is 1.71. The fourth-order valence-electron chi connectivity index (χ4n) is 1.07. The van der Waals surface area contributed by atoms with Crippen molar-refractivity contribution in [2.45, 2.75) is 6.92 Å². The fourth-order valence-corrected chi connectivity index (χ4v) is 1.07. The van der Waals surface area contributed by atoms with E-state index in [1.807, 2.05) is 5.32 Å². The van der Waals surface area contributed by atoms with Crippen LogP contribution in [-0.4, -0.2) is 25.1 Å². The number of carbonyl (C=O) groups is 2. The molecule has 92 valence electrons. The highest BCUT2D eigenvalue weighted by Crippen LogP contribution is 2.14. The maximum absolute atomic E-state index is 13.1. The second-order valence-electron chi connectivity index (χ2n) is 3.13. The van der Waals surface area contributed by atoms with Crippen molar-refractivity contribution in [2.24, 2.45) is 0 Å². The minimum Gasteiger partial charge on any atom is -0.481 e. The largest absolute Gasteiger partial charge is 0.481 e. The fraction of sp³-hybridized carbons (Fsp3) is 0.273. The van der Waals surface area contributed by atoms with Gasteiger partial charge in [0.1, 0.15) is 0 Å². The first-order valence-corrected chi connectivity index (χ1v) is 5.08. The number of halogens is 1. The Morgan fingerprint density at radius 1 is 1.35 bits per heavy atom. The molecule has 0 aliphatic heterocycles. The maximum Gasteiger partial charge on any atom is 0.321 e. The van der Waals surface area contributed by atoms with Gasteiger partial charge in [0.2, 0.25) is 0 Å². The third-order valence-electron chi connectivity index (χ3n) is 1.79. The molecule has 0 atom stereocenters. The Morgan fingerprint density at radius 3 is 2.71 bits per heavy atom. The van der Waals surface area contributed by atoms with Crippen LogP contribution in [0.5, 0.6) is 5.75 Å². The van der Waals surface area contributed by atoms with E-state index in [4.69, 9.17) is 4.74 Å². The lowest BCUT2D eigenvalue weighted by Crippen LogP contribution is -2.41. The van der Waals surface area contributed by atoms with Crippen LogP contribution >= 0.6 is 0 Å². The highest BCUT2D eigenvalue weighted by molar-refractivity contribution is 5.94. The van der Waals surface area contributed by atoms with Gasteiger partial charge >= 0.3 is 6.03 Å². The lowest BCUT2D eigenvalue weighted by molar-refractivity contribution is -0.122. The van der Waals surface area contributed by atoms with Crippen LogP contribution in [0.3, 0.4) is 0 Å². The number of hydrogen-bond donors (Lipinski definition) is 2. The third-order valence-corrected chi connectivity index (χ3v) is 1.79. The Bertz CT molecular complexity index is 409. The normalized spacial score (nSPS) is 9.53. The summed E-state index contributed by atoms with van der Waals surface area (Å²) in [7, 11) is 0. The van der Waals surface area contributed by atoms with Gasteiger partial charge in [0.05, 0.1) is 0 Å². The minimum atomic E-state index is -0.640. The van der Waals surface area contributed by atoms with Gasteiger partial charge < -0.3 is 10.1 Å².